The molecular formula is C22H29N3O4. The molecule has 29 heavy (non-hydrogen) atoms. The molecule has 7 nitrogen and oxygen atoms in total. The maximum Gasteiger partial charge on any atom is 0.147 e. The molecule has 0 heterocycles. The van der Waals surface area contributed by atoms with Gasteiger partial charge in [0.1, 0.15) is 29.0 Å². The van der Waals surface area contributed by atoms with Crippen LogP contribution in [0.1, 0.15) is 26.3 Å². The van der Waals surface area contributed by atoms with Gasteiger partial charge in [-0.2, -0.15) is 0 Å². The van der Waals surface area contributed by atoms with Crippen LogP contribution in [0.5, 0.6) is 5.75 Å². The molecule has 2 rings (SSSR count). The molecule has 0 spiro atoms. The van der Waals surface area contributed by atoms with Gasteiger partial charge in [-0.05, 0) is 45.0 Å². The van der Waals surface area contributed by atoms with Crippen molar-refractivity contribution < 1.29 is 19.5 Å². The van der Waals surface area contributed by atoms with Gasteiger partial charge in [-0.3, -0.25) is 19.4 Å². The normalized spacial score (nSPS) is 9.86. The van der Waals surface area contributed by atoms with Crippen LogP contribution < -0.4 is 11.5 Å². The van der Waals surface area contributed by atoms with E-state index in [1.54, 1.807) is 18.3 Å². The van der Waals surface area contributed by atoms with Crippen LogP contribution >= 0.6 is 0 Å². The number of hydrogen-bond donors (Lipinski definition) is 3. The second-order valence-electron chi connectivity index (χ2n) is 5.99. The number of phenolic OH excluding ortho intramolecular Hbond substituents is 1. The summed E-state index contributed by atoms with van der Waals surface area (Å²) in [6.45, 7) is 4.92. The van der Waals surface area contributed by atoms with Crippen LogP contribution in [-0.2, 0) is 14.4 Å². The fourth-order valence-corrected chi connectivity index (χ4v) is 2.11. The molecule has 0 unspecified atom stereocenters. The van der Waals surface area contributed by atoms with E-state index in [1.165, 1.54) is 20.8 Å². The molecule has 0 amide bonds. The maximum absolute atomic E-state index is 10.6. The molecule has 0 aliphatic carbocycles. The fourth-order valence-electron chi connectivity index (χ4n) is 2.11. The van der Waals surface area contributed by atoms with Gasteiger partial charge in [-0.15, -0.1) is 0 Å². The Kier molecular flexibility index (Phi) is 13.2. The molecule has 2 aromatic carbocycles. The predicted octanol–water partition coefficient (Wildman–Crippen LogP) is 2.42. The fraction of sp³-hybridized carbons (Fsp3) is 0.273. The van der Waals surface area contributed by atoms with Gasteiger partial charge in [0.25, 0.3) is 0 Å². The van der Waals surface area contributed by atoms with E-state index in [2.05, 4.69) is 4.99 Å². The Morgan fingerprint density at radius 1 is 0.862 bits per heavy atom. The van der Waals surface area contributed by atoms with Crippen molar-refractivity contribution in [3.63, 3.8) is 0 Å². The van der Waals surface area contributed by atoms with Crippen molar-refractivity contribution in [3.8, 4) is 5.75 Å². The highest BCUT2D eigenvalue weighted by Crippen LogP contribution is 2.15. The molecule has 0 atom stereocenters. The zero-order valence-corrected chi connectivity index (χ0v) is 17.0. The quantitative estimate of drug-likeness (QED) is 0.504. The molecule has 0 aromatic heterocycles. The molecule has 2 aromatic rings. The van der Waals surface area contributed by atoms with Crippen molar-refractivity contribution in [2.75, 3.05) is 13.1 Å². The highest BCUT2D eigenvalue weighted by atomic mass is 16.3. The molecule has 0 saturated heterocycles. The molecule has 7 heteroatoms. The van der Waals surface area contributed by atoms with Gasteiger partial charge in [0.05, 0.1) is 5.69 Å². The molecule has 0 saturated carbocycles. The Morgan fingerprint density at radius 2 is 1.31 bits per heavy atom. The van der Waals surface area contributed by atoms with Crippen LogP contribution in [0.2, 0.25) is 0 Å². The van der Waals surface area contributed by atoms with E-state index >= 15 is 0 Å². The van der Waals surface area contributed by atoms with Crippen LogP contribution in [0, 0.1) is 5.92 Å². The summed E-state index contributed by atoms with van der Waals surface area (Å²) in [5.41, 5.74) is 11.4. The number of aromatic hydroxyl groups is 1. The van der Waals surface area contributed by atoms with E-state index in [0.29, 0.717) is 13.1 Å². The highest BCUT2D eigenvalue weighted by Gasteiger charge is 2.23. The van der Waals surface area contributed by atoms with Crippen molar-refractivity contribution in [1.82, 2.24) is 0 Å². The first kappa shape index (κ1) is 25.8. The highest BCUT2D eigenvalue weighted by molar-refractivity contribution is 6.17. The lowest BCUT2D eigenvalue weighted by Gasteiger charge is -2.02. The first-order chi connectivity index (χ1) is 13.7. The summed E-state index contributed by atoms with van der Waals surface area (Å²) < 4.78 is 0. The third-order valence-electron chi connectivity index (χ3n) is 3.43. The van der Waals surface area contributed by atoms with E-state index in [9.17, 15) is 19.5 Å². The summed E-state index contributed by atoms with van der Waals surface area (Å²) in [4.78, 5) is 36.0. The average Bonchev–Trinajstić information content (AvgIpc) is 2.68. The second kappa shape index (κ2) is 14.8. The second-order valence-corrected chi connectivity index (χ2v) is 5.99. The Hall–Kier alpha value is -3.16. The van der Waals surface area contributed by atoms with E-state index in [1.807, 2.05) is 42.5 Å². The Bertz CT molecular complexity index is 769. The lowest BCUT2D eigenvalue weighted by atomic mass is 9.97. The average molecular weight is 399 g/mol. The summed E-state index contributed by atoms with van der Waals surface area (Å²) in [6, 6.07) is 16.7. The van der Waals surface area contributed by atoms with Crippen molar-refractivity contribution >= 4 is 29.3 Å². The Morgan fingerprint density at radius 3 is 1.69 bits per heavy atom. The van der Waals surface area contributed by atoms with E-state index in [0.717, 1.165) is 11.3 Å². The summed E-state index contributed by atoms with van der Waals surface area (Å²) in [5, 5.41) is 9.50. The molecule has 5 N–H and O–H groups in total. The monoisotopic (exact) mass is 399 g/mol. The van der Waals surface area contributed by atoms with E-state index in [4.69, 9.17) is 11.5 Å². The summed E-state index contributed by atoms with van der Waals surface area (Å²) in [7, 11) is 0. The molecule has 0 aliphatic heterocycles. The maximum atomic E-state index is 10.6. The number of aliphatic imine (C=N–C) groups is 1. The first-order valence-electron chi connectivity index (χ1n) is 9.03. The lowest BCUT2D eigenvalue weighted by molar-refractivity contribution is -0.137. The van der Waals surface area contributed by atoms with Crippen molar-refractivity contribution in [2.24, 2.45) is 22.4 Å². The summed E-state index contributed by atoms with van der Waals surface area (Å²) >= 11 is 0. The number of hydrogen-bond acceptors (Lipinski definition) is 7. The minimum atomic E-state index is -1.03. The Labute approximate surface area is 171 Å². The van der Waals surface area contributed by atoms with Crippen LogP contribution in [0.25, 0.3) is 0 Å². The molecular weight excluding hydrogens is 370 g/mol. The topological polar surface area (TPSA) is 136 Å². The van der Waals surface area contributed by atoms with E-state index < -0.39 is 5.92 Å². The van der Waals surface area contributed by atoms with Gasteiger partial charge in [0, 0.05) is 24.9 Å². The minimum Gasteiger partial charge on any atom is -0.507 e. The lowest BCUT2D eigenvalue weighted by Crippen LogP contribution is -2.26. The van der Waals surface area contributed by atoms with Crippen LogP contribution in [-0.4, -0.2) is 41.8 Å². The molecule has 156 valence electrons. The van der Waals surface area contributed by atoms with Gasteiger partial charge in [-0.25, -0.2) is 0 Å². The zero-order chi connectivity index (χ0) is 22.2. The van der Waals surface area contributed by atoms with Gasteiger partial charge < -0.3 is 16.6 Å². The number of carbonyl (C=O) groups is 3. The largest absolute Gasteiger partial charge is 0.507 e. The van der Waals surface area contributed by atoms with Gasteiger partial charge in [0.15, 0.2) is 0 Å². The number of rotatable bonds is 6. The van der Waals surface area contributed by atoms with Gasteiger partial charge in [0.2, 0.25) is 0 Å². The standard InChI is InChI=1S/C13H11NO.C7H10O3.C2H8N2/c15-13-9-5-4-6-11(13)10-14-12-7-2-1-3-8-12;1-4(8)7(5(2)9)6(3)10;3-1-2-4/h1-10,15H;7H,1-3H3;1-4H2. The third-order valence-corrected chi connectivity index (χ3v) is 3.43. The van der Waals surface area contributed by atoms with Crippen molar-refractivity contribution in [2.45, 2.75) is 20.8 Å². The number of nitrogens with zero attached hydrogens (tertiary/aromatic N) is 1. The number of phenols is 1. The Balaban J connectivity index is 0.000000486. The van der Waals surface area contributed by atoms with Gasteiger partial charge >= 0.3 is 0 Å². The van der Waals surface area contributed by atoms with Crippen LogP contribution in [0.4, 0.5) is 5.69 Å². The predicted molar refractivity (Wildman–Crippen MR) is 115 cm³/mol. The van der Waals surface area contributed by atoms with Crippen molar-refractivity contribution in [3.05, 3.63) is 60.2 Å². The van der Waals surface area contributed by atoms with Gasteiger partial charge in [-0.1, -0.05) is 30.3 Å². The number of Topliss-reactive ketones (excluding diaryl/α,β-unsaturated/α-hetero) is 3. The summed E-state index contributed by atoms with van der Waals surface area (Å²) in [5.74, 6) is -1.91. The SMILES string of the molecule is CC(=O)C(C(C)=O)C(C)=O.NCCN.Oc1ccccc1C=Nc1ccccc1. The molecule has 0 fully saturated rings. The first-order valence-corrected chi connectivity index (χ1v) is 9.03. The number of ketones is 3. The number of benzene rings is 2. The molecule has 0 radical (unpaired) electrons. The van der Waals surface area contributed by atoms with E-state index in [-0.39, 0.29) is 23.1 Å². The number of carbonyl (C=O) groups excluding carboxylic acids is 3. The number of para-hydroxylation sites is 2. The smallest absolute Gasteiger partial charge is 0.147 e. The third kappa shape index (κ3) is 11.3. The number of nitrogens with two attached hydrogens (primary N) is 2. The molecule has 0 bridgehead atoms. The summed E-state index contributed by atoms with van der Waals surface area (Å²) in [6.07, 6.45) is 1.66. The van der Waals surface area contributed by atoms with Crippen LogP contribution in [0.3, 0.4) is 0 Å². The van der Waals surface area contributed by atoms with Crippen LogP contribution in [0.15, 0.2) is 59.6 Å². The zero-order valence-electron chi connectivity index (χ0n) is 17.0. The minimum absolute atomic E-state index is 0.247. The van der Waals surface area contributed by atoms with Crippen molar-refractivity contribution in [1.29, 1.82) is 0 Å². The molecule has 0 aliphatic rings.